The number of nitrogens with zero attached hydrogens (tertiary/aromatic N) is 1. The Hall–Kier alpha value is -1.87. The number of aliphatic hydroxyl groups excluding tert-OH is 2. The summed E-state index contributed by atoms with van der Waals surface area (Å²) in [6.07, 6.45) is -3.14. The van der Waals surface area contributed by atoms with E-state index >= 15 is 0 Å². The van der Waals surface area contributed by atoms with Gasteiger partial charge in [-0.15, -0.1) is 0 Å². The number of benzene rings is 1. The van der Waals surface area contributed by atoms with E-state index in [-0.39, 0.29) is 19.1 Å². The topological polar surface area (TPSA) is 100 Å². The van der Waals surface area contributed by atoms with Gasteiger partial charge in [0.05, 0.1) is 25.9 Å². The molecular weight excluding hydrogens is 328 g/mol. The molecule has 1 saturated carbocycles. The molecule has 1 aromatic carbocycles. The summed E-state index contributed by atoms with van der Waals surface area (Å²) in [6, 6.07) is 6.86. The van der Waals surface area contributed by atoms with E-state index in [2.05, 4.69) is 5.48 Å². The second-order valence-electron chi connectivity index (χ2n) is 6.86. The maximum absolute atomic E-state index is 12.5. The monoisotopic (exact) mass is 350 g/mol. The van der Waals surface area contributed by atoms with E-state index < -0.39 is 36.0 Å². The van der Waals surface area contributed by atoms with Crippen molar-refractivity contribution in [1.82, 2.24) is 10.4 Å². The van der Waals surface area contributed by atoms with E-state index in [4.69, 9.17) is 14.3 Å². The Labute approximate surface area is 145 Å². The van der Waals surface area contributed by atoms with Gasteiger partial charge in [-0.05, 0) is 24.6 Å². The van der Waals surface area contributed by atoms with Gasteiger partial charge in [-0.25, -0.2) is 4.79 Å². The number of ether oxygens (including phenoxy) is 2. The predicted octanol–water partition coefficient (Wildman–Crippen LogP) is 0.0297. The minimum atomic E-state index is -1.21. The Morgan fingerprint density at radius 1 is 1.32 bits per heavy atom. The number of hydroxylamine groups is 1. The number of cyclic esters (lactones) is 1. The summed E-state index contributed by atoms with van der Waals surface area (Å²) in [5.74, 6) is 0.415. The molecule has 4 rings (SSSR count). The molecule has 25 heavy (non-hydrogen) atoms. The smallest absolute Gasteiger partial charge is 0.411 e. The lowest BCUT2D eigenvalue weighted by molar-refractivity contribution is -0.0901. The Kier molecular flexibility index (Phi) is 3.88. The summed E-state index contributed by atoms with van der Waals surface area (Å²) < 4.78 is 10.6. The van der Waals surface area contributed by atoms with Crippen LogP contribution < -0.4 is 10.2 Å². The number of carbonyl (C=O) groups is 1. The van der Waals surface area contributed by atoms with Crippen LogP contribution in [-0.2, 0) is 16.1 Å². The molecule has 0 bridgehead atoms. The fourth-order valence-electron chi connectivity index (χ4n) is 4.43. The molecule has 1 aromatic rings. The molecule has 0 unspecified atom stereocenters. The highest BCUT2D eigenvalue weighted by Gasteiger charge is 2.71. The molecule has 136 valence electrons. The zero-order chi connectivity index (χ0) is 17.8. The van der Waals surface area contributed by atoms with Gasteiger partial charge >= 0.3 is 6.09 Å². The van der Waals surface area contributed by atoms with Gasteiger partial charge in [0, 0.05) is 12.5 Å². The number of carbonyl (C=O) groups excluding carboxylic acids is 1. The number of hydrogen-bond donors (Lipinski definition) is 3. The Bertz CT molecular complexity index is 650. The number of methoxy groups -OCH3 is 1. The van der Waals surface area contributed by atoms with Crippen molar-refractivity contribution in [2.24, 2.45) is 5.92 Å². The summed E-state index contributed by atoms with van der Waals surface area (Å²) in [5.41, 5.74) is 2.41. The van der Waals surface area contributed by atoms with Gasteiger partial charge in [-0.1, -0.05) is 12.1 Å². The molecule has 1 spiro atoms. The van der Waals surface area contributed by atoms with E-state index in [1.807, 2.05) is 12.1 Å². The molecule has 1 amide bonds. The second-order valence-corrected chi connectivity index (χ2v) is 6.86. The van der Waals surface area contributed by atoms with Crippen molar-refractivity contribution in [2.45, 2.75) is 43.4 Å². The van der Waals surface area contributed by atoms with Crippen LogP contribution in [0, 0.1) is 5.92 Å². The molecule has 2 heterocycles. The van der Waals surface area contributed by atoms with Gasteiger partial charge in [-0.3, -0.25) is 4.90 Å². The minimum Gasteiger partial charge on any atom is -0.497 e. The quantitative estimate of drug-likeness (QED) is 0.707. The van der Waals surface area contributed by atoms with Crippen LogP contribution in [0.4, 0.5) is 4.79 Å². The summed E-state index contributed by atoms with van der Waals surface area (Å²) in [6.45, 7) is 2.21. The minimum absolute atomic E-state index is 0.224. The lowest BCUT2D eigenvalue weighted by atomic mass is 9.84. The molecule has 1 aliphatic carbocycles. The third kappa shape index (κ3) is 2.18. The number of hydrogen-bond acceptors (Lipinski definition) is 7. The first-order valence-electron chi connectivity index (χ1n) is 8.34. The van der Waals surface area contributed by atoms with Crippen molar-refractivity contribution in [1.29, 1.82) is 0 Å². The average Bonchev–Trinajstić information content (AvgIpc) is 3.24. The maximum atomic E-state index is 12.5. The van der Waals surface area contributed by atoms with E-state index in [0.717, 1.165) is 5.56 Å². The van der Waals surface area contributed by atoms with Crippen molar-refractivity contribution < 1.29 is 29.3 Å². The van der Waals surface area contributed by atoms with Crippen LogP contribution in [0.25, 0.3) is 0 Å². The normalized spacial score (nSPS) is 39.8. The van der Waals surface area contributed by atoms with E-state index in [1.54, 1.807) is 26.2 Å². The molecule has 0 radical (unpaired) electrons. The zero-order valence-electron chi connectivity index (χ0n) is 14.1. The molecule has 8 heteroatoms. The van der Waals surface area contributed by atoms with Crippen molar-refractivity contribution in [3.8, 4) is 5.75 Å². The highest BCUT2D eigenvalue weighted by Crippen LogP contribution is 2.48. The Morgan fingerprint density at radius 2 is 2.04 bits per heavy atom. The van der Waals surface area contributed by atoms with Gasteiger partial charge in [-0.2, -0.15) is 5.48 Å². The van der Waals surface area contributed by atoms with Crippen LogP contribution in [0.1, 0.15) is 12.5 Å². The molecule has 6 atom stereocenters. The summed E-state index contributed by atoms with van der Waals surface area (Å²) in [4.78, 5) is 19.1. The second kappa shape index (κ2) is 5.84. The van der Waals surface area contributed by atoms with Gasteiger partial charge < -0.3 is 24.5 Å². The first-order valence-corrected chi connectivity index (χ1v) is 8.34. The van der Waals surface area contributed by atoms with Crippen LogP contribution in [0.15, 0.2) is 24.3 Å². The van der Waals surface area contributed by atoms with Crippen LogP contribution in [0.2, 0.25) is 0 Å². The first-order chi connectivity index (χ1) is 12.0. The highest BCUT2D eigenvalue weighted by atomic mass is 16.7. The first kappa shape index (κ1) is 16.6. The number of rotatable bonds is 3. The Balaban J connectivity index is 1.68. The molecule has 2 saturated heterocycles. The molecule has 8 nitrogen and oxygen atoms in total. The molecule has 3 N–H and O–H groups in total. The highest BCUT2D eigenvalue weighted by molar-refractivity contribution is 5.73. The average molecular weight is 350 g/mol. The van der Waals surface area contributed by atoms with Gasteiger partial charge in [0.15, 0.2) is 0 Å². The largest absolute Gasteiger partial charge is 0.497 e. The molecule has 3 aliphatic rings. The maximum Gasteiger partial charge on any atom is 0.411 e. The summed E-state index contributed by atoms with van der Waals surface area (Å²) in [7, 11) is 1.59. The van der Waals surface area contributed by atoms with E-state index in [9.17, 15) is 15.0 Å². The van der Waals surface area contributed by atoms with Gasteiger partial charge in [0.25, 0.3) is 0 Å². The predicted molar refractivity (Wildman–Crippen MR) is 85.6 cm³/mol. The third-order valence-electron chi connectivity index (χ3n) is 5.77. The SMILES string of the molecule is COc1ccc(CN2C(=O)O[C@H](C)[C@@]23[C@H](O)[C@H]2CON[C@H]2[C@@H]3O)cc1. The van der Waals surface area contributed by atoms with Gasteiger partial charge in [0.2, 0.25) is 0 Å². The molecule has 3 fully saturated rings. The van der Waals surface area contributed by atoms with E-state index in [1.165, 1.54) is 4.90 Å². The van der Waals surface area contributed by atoms with Gasteiger partial charge in [0.1, 0.15) is 23.5 Å². The Morgan fingerprint density at radius 3 is 2.68 bits per heavy atom. The zero-order valence-corrected chi connectivity index (χ0v) is 14.1. The standard InChI is InChI=1S/C17H22N2O6/c1-9-17(14(20)12-8-24-18-13(12)15(17)21)19(16(22)25-9)7-10-3-5-11(23-2)6-4-10/h3-6,9,12-15,18,20-21H,7-8H2,1-2H3/t9-,12+,13-,14-,15+,17+/m1/s1. The molecule has 2 aliphatic heterocycles. The summed E-state index contributed by atoms with van der Waals surface area (Å²) in [5, 5.41) is 21.9. The van der Waals surface area contributed by atoms with Crippen molar-refractivity contribution in [2.75, 3.05) is 13.7 Å². The van der Waals surface area contributed by atoms with Crippen LogP contribution in [-0.4, -0.2) is 64.8 Å². The lowest BCUT2D eigenvalue weighted by Gasteiger charge is -2.41. The fourth-order valence-corrected chi connectivity index (χ4v) is 4.43. The molecular formula is C17H22N2O6. The fraction of sp³-hybridized carbons (Fsp3) is 0.588. The summed E-state index contributed by atoms with van der Waals surface area (Å²) >= 11 is 0. The van der Waals surface area contributed by atoms with E-state index in [0.29, 0.717) is 5.75 Å². The number of aliphatic hydroxyl groups is 2. The van der Waals surface area contributed by atoms with Crippen molar-refractivity contribution in [3.63, 3.8) is 0 Å². The number of amides is 1. The number of nitrogens with one attached hydrogen (secondary N) is 1. The van der Waals surface area contributed by atoms with Crippen LogP contribution in [0.3, 0.4) is 0 Å². The van der Waals surface area contributed by atoms with Crippen LogP contribution in [0.5, 0.6) is 5.75 Å². The van der Waals surface area contributed by atoms with Crippen molar-refractivity contribution in [3.05, 3.63) is 29.8 Å². The lowest BCUT2D eigenvalue weighted by Crippen LogP contribution is -2.64. The number of fused-ring (bicyclic) bond motifs is 1. The third-order valence-corrected chi connectivity index (χ3v) is 5.77. The van der Waals surface area contributed by atoms with Crippen LogP contribution >= 0.6 is 0 Å². The van der Waals surface area contributed by atoms with Crippen molar-refractivity contribution >= 4 is 6.09 Å². The molecule has 0 aromatic heterocycles.